The van der Waals surface area contributed by atoms with Crippen molar-refractivity contribution in [3.63, 3.8) is 0 Å². The zero-order valence-electron chi connectivity index (χ0n) is 17.0. The molecule has 2 aromatic heterocycles. The second-order valence-electron chi connectivity index (χ2n) is 7.75. The highest BCUT2D eigenvalue weighted by Crippen LogP contribution is 2.38. The van der Waals surface area contributed by atoms with Crippen molar-refractivity contribution in [3.8, 4) is 11.4 Å². The molecule has 0 N–H and O–H groups in total. The highest BCUT2D eigenvalue weighted by molar-refractivity contribution is 5.77. The normalized spacial score (nSPS) is 16.3. The predicted molar refractivity (Wildman–Crippen MR) is 114 cm³/mol. The largest absolute Gasteiger partial charge is 0.497 e. The maximum atomic E-state index is 5.28. The molecule has 3 heterocycles. The Morgan fingerprint density at radius 1 is 1.14 bits per heavy atom. The molecule has 0 saturated carbocycles. The Balaban J connectivity index is 1.47. The number of ether oxygens (including phenoxy) is 1. The van der Waals surface area contributed by atoms with Gasteiger partial charge in [0.15, 0.2) is 0 Å². The molecule has 1 atom stereocenters. The van der Waals surface area contributed by atoms with Crippen LogP contribution in [0.25, 0.3) is 16.7 Å². The Labute approximate surface area is 170 Å². The molecule has 0 fully saturated rings. The van der Waals surface area contributed by atoms with Gasteiger partial charge < -0.3 is 9.30 Å². The van der Waals surface area contributed by atoms with Crippen LogP contribution >= 0.6 is 0 Å². The quantitative estimate of drug-likeness (QED) is 0.506. The van der Waals surface area contributed by atoms with Crippen molar-refractivity contribution in [1.82, 2.24) is 19.4 Å². The first-order valence-electron chi connectivity index (χ1n) is 9.92. The van der Waals surface area contributed by atoms with Crippen molar-refractivity contribution in [2.24, 2.45) is 0 Å². The molecule has 5 rings (SSSR count). The SMILES string of the molecule is COc1ccc(CN2Cc3c(C)cc(-n4ccc5cncnc54)cc3C2C)cc1. The van der Waals surface area contributed by atoms with Gasteiger partial charge in [0.2, 0.25) is 0 Å². The third-order valence-electron chi connectivity index (χ3n) is 6.02. The zero-order chi connectivity index (χ0) is 20.0. The molecule has 4 aromatic rings. The van der Waals surface area contributed by atoms with Crippen molar-refractivity contribution in [1.29, 1.82) is 0 Å². The molecule has 0 spiro atoms. The minimum Gasteiger partial charge on any atom is -0.497 e. The number of aromatic nitrogens is 3. The van der Waals surface area contributed by atoms with Gasteiger partial charge in [0.1, 0.15) is 17.7 Å². The average Bonchev–Trinajstić information content (AvgIpc) is 3.31. The van der Waals surface area contributed by atoms with Crippen molar-refractivity contribution in [2.45, 2.75) is 33.0 Å². The summed E-state index contributed by atoms with van der Waals surface area (Å²) in [6.07, 6.45) is 5.55. The molecule has 5 nitrogen and oxygen atoms in total. The number of methoxy groups -OCH3 is 1. The summed E-state index contributed by atoms with van der Waals surface area (Å²) in [5.74, 6) is 0.898. The molecule has 0 radical (unpaired) electrons. The standard InChI is InChI=1S/C24H24N4O/c1-16-10-20(28-9-8-19-12-25-15-26-24(19)28)11-22-17(2)27(14-23(16)22)13-18-4-6-21(29-3)7-5-18/h4-12,15,17H,13-14H2,1-3H3. The first-order chi connectivity index (χ1) is 14.1. The molecule has 1 unspecified atom stereocenters. The fourth-order valence-corrected chi connectivity index (χ4v) is 4.33. The Bertz CT molecular complexity index is 1180. The van der Waals surface area contributed by atoms with Crippen LogP contribution in [0.1, 0.15) is 35.2 Å². The van der Waals surface area contributed by atoms with Gasteiger partial charge in [-0.15, -0.1) is 0 Å². The van der Waals surface area contributed by atoms with Crippen LogP contribution in [0.2, 0.25) is 0 Å². The topological polar surface area (TPSA) is 43.2 Å². The van der Waals surface area contributed by atoms with E-state index in [-0.39, 0.29) is 0 Å². The Hall–Kier alpha value is -3.18. The van der Waals surface area contributed by atoms with Crippen molar-refractivity contribution < 1.29 is 4.74 Å². The van der Waals surface area contributed by atoms with E-state index in [1.807, 2.05) is 18.3 Å². The van der Waals surface area contributed by atoms with Gasteiger partial charge in [0.25, 0.3) is 0 Å². The van der Waals surface area contributed by atoms with E-state index in [2.05, 4.69) is 69.8 Å². The molecule has 1 aliphatic rings. The summed E-state index contributed by atoms with van der Waals surface area (Å²) in [6, 6.07) is 15.4. The van der Waals surface area contributed by atoms with E-state index in [0.717, 1.165) is 35.6 Å². The highest BCUT2D eigenvalue weighted by Gasteiger charge is 2.28. The summed E-state index contributed by atoms with van der Waals surface area (Å²) in [5, 5.41) is 1.06. The van der Waals surface area contributed by atoms with E-state index < -0.39 is 0 Å². The van der Waals surface area contributed by atoms with Gasteiger partial charge in [-0.3, -0.25) is 4.90 Å². The Morgan fingerprint density at radius 2 is 1.97 bits per heavy atom. The summed E-state index contributed by atoms with van der Waals surface area (Å²) >= 11 is 0. The summed E-state index contributed by atoms with van der Waals surface area (Å²) in [5.41, 5.74) is 7.59. The van der Waals surface area contributed by atoms with E-state index in [4.69, 9.17) is 4.74 Å². The number of hydrogen-bond donors (Lipinski definition) is 0. The molecule has 29 heavy (non-hydrogen) atoms. The third kappa shape index (κ3) is 3.08. The average molecular weight is 384 g/mol. The molecule has 2 aromatic carbocycles. The molecule has 146 valence electrons. The number of aryl methyl sites for hydroxylation is 1. The van der Waals surface area contributed by atoms with Crippen LogP contribution < -0.4 is 4.74 Å². The van der Waals surface area contributed by atoms with Gasteiger partial charge in [-0.25, -0.2) is 9.97 Å². The van der Waals surface area contributed by atoms with Gasteiger partial charge in [0, 0.05) is 42.6 Å². The molecule has 0 bridgehead atoms. The summed E-state index contributed by atoms with van der Waals surface area (Å²) in [7, 11) is 1.70. The lowest BCUT2D eigenvalue weighted by molar-refractivity contribution is 0.220. The van der Waals surface area contributed by atoms with Gasteiger partial charge in [-0.05, 0) is 66.4 Å². The van der Waals surface area contributed by atoms with Crippen molar-refractivity contribution in [2.75, 3.05) is 7.11 Å². The third-order valence-corrected chi connectivity index (χ3v) is 6.02. The van der Waals surface area contributed by atoms with Gasteiger partial charge >= 0.3 is 0 Å². The summed E-state index contributed by atoms with van der Waals surface area (Å²) in [4.78, 5) is 11.1. The second-order valence-corrected chi connectivity index (χ2v) is 7.75. The van der Waals surface area contributed by atoms with Gasteiger partial charge in [-0.1, -0.05) is 12.1 Å². The molecular formula is C24H24N4O. The molecule has 5 heteroatoms. The van der Waals surface area contributed by atoms with E-state index in [1.165, 1.54) is 22.3 Å². The maximum Gasteiger partial charge on any atom is 0.147 e. The Morgan fingerprint density at radius 3 is 2.76 bits per heavy atom. The fourth-order valence-electron chi connectivity index (χ4n) is 4.33. The van der Waals surface area contributed by atoms with Crippen LogP contribution in [-0.4, -0.2) is 26.5 Å². The fraction of sp³-hybridized carbons (Fsp3) is 0.250. The molecule has 0 amide bonds. The smallest absolute Gasteiger partial charge is 0.147 e. The predicted octanol–water partition coefficient (Wildman–Crippen LogP) is 4.81. The van der Waals surface area contributed by atoms with E-state index in [1.54, 1.807) is 13.4 Å². The van der Waals surface area contributed by atoms with E-state index in [0.29, 0.717) is 6.04 Å². The van der Waals surface area contributed by atoms with Crippen LogP contribution in [0.5, 0.6) is 5.75 Å². The van der Waals surface area contributed by atoms with Gasteiger partial charge in [0.05, 0.1) is 7.11 Å². The second kappa shape index (κ2) is 7.01. The van der Waals surface area contributed by atoms with Crippen molar-refractivity contribution in [3.05, 3.63) is 83.4 Å². The van der Waals surface area contributed by atoms with Crippen molar-refractivity contribution >= 4 is 11.0 Å². The lowest BCUT2D eigenvalue weighted by Crippen LogP contribution is -2.19. The number of hydrogen-bond acceptors (Lipinski definition) is 4. The lowest BCUT2D eigenvalue weighted by atomic mass is 10.00. The van der Waals surface area contributed by atoms with Crippen LogP contribution in [0.15, 0.2) is 61.2 Å². The van der Waals surface area contributed by atoms with E-state index in [9.17, 15) is 0 Å². The highest BCUT2D eigenvalue weighted by atomic mass is 16.5. The molecule has 1 aliphatic heterocycles. The number of rotatable bonds is 4. The minimum atomic E-state index is 0.363. The number of nitrogens with zero attached hydrogens (tertiary/aromatic N) is 4. The van der Waals surface area contributed by atoms with E-state index >= 15 is 0 Å². The number of fused-ring (bicyclic) bond motifs is 2. The number of benzene rings is 2. The van der Waals surface area contributed by atoms with Crippen LogP contribution in [0, 0.1) is 6.92 Å². The summed E-state index contributed by atoms with van der Waals surface area (Å²) < 4.78 is 7.44. The summed E-state index contributed by atoms with van der Waals surface area (Å²) in [6.45, 7) is 6.42. The molecule has 0 saturated heterocycles. The minimum absolute atomic E-state index is 0.363. The first-order valence-corrected chi connectivity index (χ1v) is 9.92. The first kappa shape index (κ1) is 17.9. The molecule has 0 aliphatic carbocycles. The molecular weight excluding hydrogens is 360 g/mol. The maximum absolute atomic E-state index is 5.28. The zero-order valence-corrected chi connectivity index (χ0v) is 17.0. The lowest BCUT2D eigenvalue weighted by Gasteiger charge is -2.21. The monoisotopic (exact) mass is 384 g/mol. The van der Waals surface area contributed by atoms with Crippen LogP contribution in [0.3, 0.4) is 0 Å². The van der Waals surface area contributed by atoms with Crippen LogP contribution in [0.4, 0.5) is 0 Å². The Kier molecular flexibility index (Phi) is 4.32. The van der Waals surface area contributed by atoms with Crippen LogP contribution in [-0.2, 0) is 13.1 Å². The van der Waals surface area contributed by atoms with Gasteiger partial charge in [-0.2, -0.15) is 0 Å².